The van der Waals surface area contributed by atoms with E-state index < -0.39 is 21.6 Å². The standard InChI is InChI=1S/C22H24N2O6S/c1-4-6-15-11-22(26)30-20-13-17(9-10-19(15)20)29-14-21(25)23-16-7-5-8-18(12-16)31(27,28)24(2)3/h5,7-13H,4,6,14H2,1-3H3,(H,23,25). The fourth-order valence-corrected chi connectivity index (χ4v) is 4.02. The molecule has 1 amide bonds. The van der Waals surface area contributed by atoms with Gasteiger partial charge in [-0.15, -0.1) is 0 Å². The number of nitrogens with one attached hydrogen (secondary N) is 1. The lowest BCUT2D eigenvalue weighted by molar-refractivity contribution is -0.118. The highest BCUT2D eigenvalue weighted by atomic mass is 32.2. The highest BCUT2D eigenvalue weighted by molar-refractivity contribution is 7.89. The zero-order valence-electron chi connectivity index (χ0n) is 17.5. The summed E-state index contributed by atoms with van der Waals surface area (Å²) in [6.07, 6.45) is 1.65. The highest BCUT2D eigenvalue weighted by Gasteiger charge is 2.17. The first-order valence-corrected chi connectivity index (χ1v) is 11.2. The molecule has 0 unspecified atom stereocenters. The first kappa shape index (κ1) is 22.5. The largest absolute Gasteiger partial charge is 0.484 e. The Morgan fingerprint density at radius 2 is 1.90 bits per heavy atom. The third-order valence-corrected chi connectivity index (χ3v) is 6.40. The summed E-state index contributed by atoms with van der Waals surface area (Å²) in [6.45, 7) is 1.73. The van der Waals surface area contributed by atoms with Gasteiger partial charge in [-0.3, -0.25) is 4.79 Å². The Hall–Kier alpha value is -3.17. The summed E-state index contributed by atoms with van der Waals surface area (Å²) in [5.41, 5.74) is 1.21. The molecule has 9 heteroatoms. The van der Waals surface area contributed by atoms with Gasteiger partial charge >= 0.3 is 5.63 Å². The van der Waals surface area contributed by atoms with Crippen LogP contribution >= 0.6 is 0 Å². The van der Waals surface area contributed by atoms with Gasteiger partial charge in [-0.1, -0.05) is 19.4 Å². The van der Waals surface area contributed by atoms with Crippen LogP contribution in [0.1, 0.15) is 18.9 Å². The van der Waals surface area contributed by atoms with E-state index in [1.807, 2.05) is 6.92 Å². The normalized spacial score (nSPS) is 11.6. The van der Waals surface area contributed by atoms with Crippen LogP contribution in [0.15, 0.2) is 62.6 Å². The van der Waals surface area contributed by atoms with Gasteiger partial charge in [0.15, 0.2) is 6.61 Å². The van der Waals surface area contributed by atoms with Crippen molar-refractivity contribution in [2.75, 3.05) is 26.0 Å². The number of aryl methyl sites for hydroxylation is 1. The number of anilines is 1. The van der Waals surface area contributed by atoms with Gasteiger partial charge in [-0.05, 0) is 42.3 Å². The minimum atomic E-state index is -3.61. The Balaban J connectivity index is 1.70. The molecule has 1 N–H and O–H groups in total. The minimum absolute atomic E-state index is 0.0728. The van der Waals surface area contributed by atoms with E-state index in [2.05, 4.69) is 5.32 Å². The number of rotatable bonds is 8. The number of benzene rings is 2. The molecular formula is C22H24N2O6S. The Morgan fingerprint density at radius 1 is 1.13 bits per heavy atom. The van der Waals surface area contributed by atoms with E-state index in [0.29, 0.717) is 17.0 Å². The molecule has 0 aliphatic rings. The average molecular weight is 445 g/mol. The van der Waals surface area contributed by atoms with Crippen LogP contribution in [0, 0.1) is 0 Å². The van der Waals surface area contributed by atoms with E-state index in [1.165, 1.54) is 32.3 Å². The summed E-state index contributed by atoms with van der Waals surface area (Å²) in [5.74, 6) is -0.0796. The van der Waals surface area contributed by atoms with Gasteiger partial charge in [0.2, 0.25) is 10.0 Å². The van der Waals surface area contributed by atoms with Crippen molar-refractivity contribution >= 4 is 32.6 Å². The van der Waals surface area contributed by atoms with Gasteiger partial charge in [-0.25, -0.2) is 17.5 Å². The Morgan fingerprint density at radius 3 is 2.61 bits per heavy atom. The molecule has 1 aromatic heterocycles. The molecule has 0 bridgehead atoms. The van der Waals surface area contributed by atoms with Crippen LogP contribution in [-0.2, 0) is 21.2 Å². The molecule has 0 saturated carbocycles. The van der Waals surface area contributed by atoms with Crippen LogP contribution in [0.2, 0.25) is 0 Å². The molecule has 31 heavy (non-hydrogen) atoms. The second-order valence-electron chi connectivity index (χ2n) is 7.15. The van der Waals surface area contributed by atoms with E-state index in [4.69, 9.17) is 9.15 Å². The topological polar surface area (TPSA) is 106 Å². The van der Waals surface area contributed by atoms with Crippen LogP contribution in [-0.4, -0.2) is 39.3 Å². The average Bonchev–Trinajstić information content (AvgIpc) is 2.72. The van der Waals surface area contributed by atoms with E-state index in [1.54, 1.807) is 30.3 Å². The summed E-state index contributed by atoms with van der Waals surface area (Å²) in [6, 6.07) is 12.5. The molecule has 0 spiro atoms. The molecule has 0 aliphatic heterocycles. The van der Waals surface area contributed by atoms with Gasteiger partial charge in [0.25, 0.3) is 5.91 Å². The van der Waals surface area contributed by atoms with Crippen molar-refractivity contribution in [2.45, 2.75) is 24.7 Å². The van der Waals surface area contributed by atoms with Crippen molar-refractivity contribution in [3.8, 4) is 5.75 Å². The van der Waals surface area contributed by atoms with Crippen molar-refractivity contribution in [1.82, 2.24) is 4.31 Å². The van der Waals surface area contributed by atoms with Gasteiger partial charge in [0, 0.05) is 37.3 Å². The first-order chi connectivity index (χ1) is 14.7. The van der Waals surface area contributed by atoms with Crippen molar-refractivity contribution in [3.63, 3.8) is 0 Å². The number of carbonyl (C=O) groups is 1. The van der Waals surface area contributed by atoms with Crippen LogP contribution in [0.3, 0.4) is 0 Å². The minimum Gasteiger partial charge on any atom is -0.484 e. The summed E-state index contributed by atoms with van der Waals surface area (Å²) in [4.78, 5) is 24.1. The highest BCUT2D eigenvalue weighted by Crippen LogP contribution is 2.24. The number of hydrogen-bond acceptors (Lipinski definition) is 6. The summed E-state index contributed by atoms with van der Waals surface area (Å²) in [7, 11) is -0.736. The maximum atomic E-state index is 12.3. The summed E-state index contributed by atoms with van der Waals surface area (Å²) >= 11 is 0. The van der Waals surface area contributed by atoms with E-state index in [-0.39, 0.29) is 11.5 Å². The third-order valence-electron chi connectivity index (χ3n) is 4.59. The van der Waals surface area contributed by atoms with Crippen LogP contribution in [0.4, 0.5) is 5.69 Å². The Kier molecular flexibility index (Phi) is 6.77. The molecule has 3 rings (SSSR count). The Bertz CT molecular complexity index is 1260. The fraction of sp³-hybridized carbons (Fsp3) is 0.273. The van der Waals surface area contributed by atoms with Crippen LogP contribution in [0.5, 0.6) is 5.75 Å². The lowest BCUT2D eigenvalue weighted by atomic mass is 10.1. The molecule has 0 saturated heterocycles. The number of sulfonamides is 1. The quantitative estimate of drug-likeness (QED) is 0.536. The van der Waals surface area contributed by atoms with Crippen molar-refractivity contribution < 1.29 is 22.4 Å². The SMILES string of the molecule is CCCc1cc(=O)oc2cc(OCC(=O)Nc3cccc(S(=O)(=O)N(C)C)c3)ccc12. The molecule has 0 aliphatic carbocycles. The molecule has 0 radical (unpaired) electrons. The van der Waals surface area contributed by atoms with Crippen molar-refractivity contribution in [3.05, 3.63) is 64.5 Å². The van der Waals surface area contributed by atoms with Crippen LogP contribution < -0.4 is 15.7 Å². The number of fused-ring (bicyclic) bond motifs is 1. The second kappa shape index (κ2) is 9.32. The van der Waals surface area contributed by atoms with Gasteiger partial charge < -0.3 is 14.5 Å². The fourth-order valence-electron chi connectivity index (χ4n) is 3.07. The summed E-state index contributed by atoms with van der Waals surface area (Å²) in [5, 5.41) is 3.45. The maximum Gasteiger partial charge on any atom is 0.336 e. The lowest BCUT2D eigenvalue weighted by Crippen LogP contribution is -2.23. The number of amides is 1. The zero-order chi connectivity index (χ0) is 22.6. The van der Waals surface area contributed by atoms with Crippen molar-refractivity contribution in [2.24, 2.45) is 0 Å². The number of nitrogens with zero attached hydrogens (tertiary/aromatic N) is 1. The van der Waals surface area contributed by atoms with E-state index in [9.17, 15) is 18.0 Å². The van der Waals surface area contributed by atoms with Crippen molar-refractivity contribution in [1.29, 1.82) is 0 Å². The van der Waals surface area contributed by atoms with Gasteiger partial charge in [-0.2, -0.15) is 0 Å². The van der Waals surface area contributed by atoms with Gasteiger partial charge in [0.1, 0.15) is 11.3 Å². The molecule has 2 aromatic carbocycles. The van der Waals surface area contributed by atoms with E-state index in [0.717, 1.165) is 28.1 Å². The molecule has 0 fully saturated rings. The molecule has 1 heterocycles. The molecule has 0 atom stereocenters. The predicted molar refractivity (Wildman–Crippen MR) is 118 cm³/mol. The smallest absolute Gasteiger partial charge is 0.336 e. The number of ether oxygens (including phenoxy) is 1. The Labute approximate surface area is 180 Å². The molecule has 3 aromatic rings. The number of carbonyl (C=O) groups excluding carboxylic acids is 1. The van der Waals surface area contributed by atoms with Crippen LogP contribution in [0.25, 0.3) is 11.0 Å². The number of hydrogen-bond donors (Lipinski definition) is 1. The molecular weight excluding hydrogens is 420 g/mol. The zero-order valence-corrected chi connectivity index (χ0v) is 18.4. The maximum absolute atomic E-state index is 12.3. The predicted octanol–water partition coefficient (Wildman–Crippen LogP) is 3.01. The summed E-state index contributed by atoms with van der Waals surface area (Å²) < 4.78 is 36.3. The third kappa shape index (κ3) is 5.31. The van der Waals surface area contributed by atoms with E-state index >= 15 is 0 Å². The molecule has 164 valence electrons. The monoisotopic (exact) mass is 444 g/mol. The second-order valence-corrected chi connectivity index (χ2v) is 9.30. The van der Waals surface area contributed by atoms with Gasteiger partial charge in [0.05, 0.1) is 4.90 Å². The molecule has 8 nitrogen and oxygen atoms in total. The lowest BCUT2D eigenvalue weighted by Gasteiger charge is -2.13. The first-order valence-electron chi connectivity index (χ1n) is 9.72.